The van der Waals surface area contributed by atoms with Crippen LogP contribution in [0.5, 0.6) is 5.75 Å². The molecule has 1 atom stereocenters. The fourth-order valence-corrected chi connectivity index (χ4v) is 6.60. The van der Waals surface area contributed by atoms with Crippen LogP contribution in [0.25, 0.3) is 10.9 Å². The van der Waals surface area contributed by atoms with Gasteiger partial charge in [0.1, 0.15) is 5.75 Å². The number of aliphatic hydroxyl groups is 1. The maximum absolute atomic E-state index is 13.6. The number of carbonyl (C=O) groups is 1. The van der Waals surface area contributed by atoms with Crippen molar-refractivity contribution in [3.05, 3.63) is 59.5 Å². The lowest BCUT2D eigenvalue weighted by Gasteiger charge is -2.50. The number of amides is 1. The molecule has 1 aliphatic carbocycles. The van der Waals surface area contributed by atoms with Crippen LogP contribution in [0, 0.1) is 5.92 Å². The molecule has 36 heavy (non-hydrogen) atoms. The number of rotatable bonds is 6. The minimum atomic E-state index is -0.310. The molecule has 1 amide bonds. The Hall–Kier alpha value is -2.90. The molecule has 0 radical (unpaired) electrons. The minimum Gasteiger partial charge on any atom is -0.497 e. The Morgan fingerprint density at radius 3 is 2.58 bits per heavy atom. The average molecular weight is 489 g/mol. The summed E-state index contributed by atoms with van der Waals surface area (Å²) in [5, 5.41) is 11.8. The molecule has 2 aliphatic heterocycles. The molecule has 2 aromatic heterocycles. The molecule has 1 N–H and O–H groups in total. The number of carbonyl (C=O) groups excluding carboxylic acids is 1. The molecule has 1 spiro atoms. The quantitative estimate of drug-likeness (QED) is 0.572. The summed E-state index contributed by atoms with van der Waals surface area (Å²) < 4.78 is 7.75. The molecule has 190 valence electrons. The number of likely N-dealkylation sites (tertiary alicyclic amines) is 1. The number of hydrogen-bond acceptors (Lipinski definition) is 5. The second-order valence-electron chi connectivity index (χ2n) is 11.0. The van der Waals surface area contributed by atoms with Crippen molar-refractivity contribution >= 4 is 16.8 Å². The number of pyridine rings is 1. The maximum atomic E-state index is 13.6. The van der Waals surface area contributed by atoms with Gasteiger partial charge in [-0.2, -0.15) is 0 Å². The van der Waals surface area contributed by atoms with E-state index in [1.54, 1.807) is 7.11 Å². The third-order valence-corrected chi connectivity index (χ3v) is 8.77. The van der Waals surface area contributed by atoms with Crippen molar-refractivity contribution in [1.29, 1.82) is 0 Å². The first kappa shape index (κ1) is 23.5. The van der Waals surface area contributed by atoms with Crippen molar-refractivity contribution in [3.8, 4) is 5.75 Å². The van der Waals surface area contributed by atoms with Gasteiger partial charge < -0.3 is 19.3 Å². The highest BCUT2D eigenvalue weighted by Gasteiger charge is 2.49. The third kappa shape index (κ3) is 3.98. The molecule has 7 nitrogen and oxygen atoms in total. The molecule has 1 saturated carbocycles. The van der Waals surface area contributed by atoms with E-state index in [-0.39, 0.29) is 24.0 Å². The highest BCUT2D eigenvalue weighted by atomic mass is 16.5. The Bertz CT molecular complexity index is 1260. The van der Waals surface area contributed by atoms with E-state index < -0.39 is 0 Å². The molecule has 3 aromatic rings. The Labute approximate surface area is 212 Å². The Balaban J connectivity index is 1.40. The first-order chi connectivity index (χ1) is 17.5. The molecule has 6 rings (SSSR count). The number of piperidine rings is 1. The number of nitrogens with zero attached hydrogens (tertiary/aromatic N) is 4. The van der Waals surface area contributed by atoms with Gasteiger partial charge in [-0.15, -0.1) is 0 Å². The second kappa shape index (κ2) is 9.20. The van der Waals surface area contributed by atoms with Crippen molar-refractivity contribution in [2.75, 3.05) is 33.4 Å². The summed E-state index contributed by atoms with van der Waals surface area (Å²) in [4.78, 5) is 22.2. The van der Waals surface area contributed by atoms with Gasteiger partial charge in [0, 0.05) is 61.5 Å². The Kier molecular flexibility index (Phi) is 6.00. The number of benzene rings is 1. The molecule has 0 bridgehead atoms. The Morgan fingerprint density at radius 2 is 1.92 bits per heavy atom. The summed E-state index contributed by atoms with van der Waals surface area (Å²) in [6, 6.07) is 10.2. The number of ether oxygens (including phenoxy) is 1. The number of fused-ring (bicyclic) bond motifs is 4. The largest absolute Gasteiger partial charge is 0.497 e. The second-order valence-corrected chi connectivity index (χ2v) is 11.0. The summed E-state index contributed by atoms with van der Waals surface area (Å²) in [7, 11) is 3.77. The number of aliphatic hydroxyl groups excluding tert-OH is 1. The van der Waals surface area contributed by atoms with E-state index in [4.69, 9.17) is 4.74 Å². The molecule has 0 unspecified atom stereocenters. The standard InChI is InChI=1S/C29H36N4O3/c1-31-24-16-22(36-2)5-6-23(24)27-28(31)25(18-34)33(26(35)15-20-3-4-20)19-29(27)9-13-32(14-10-29)17-21-7-11-30-12-8-21/h5-8,11-12,16,20,25,34H,3-4,9-10,13-15,17-19H2,1-2H3/t25-/m1/s1. The van der Waals surface area contributed by atoms with Crippen LogP contribution in [-0.4, -0.2) is 63.7 Å². The summed E-state index contributed by atoms with van der Waals surface area (Å²) in [6.45, 7) is 3.49. The van der Waals surface area contributed by atoms with Gasteiger partial charge >= 0.3 is 0 Å². The molecule has 3 aliphatic rings. The van der Waals surface area contributed by atoms with Crippen molar-refractivity contribution in [1.82, 2.24) is 19.4 Å². The number of hydrogen-bond donors (Lipinski definition) is 1. The summed E-state index contributed by atoms with van der Waals surface area (Å²) in [5.41, 5.74) is 4.69. The SMILES string of the molecule is COc1ccc2c3c(n(C)c2c1)[C@@H](CO)N(C(=O)CC1CC1)CC31CCN(Cc2ccncc2)CC1. The zero-order valence-electron chi connectivity index (χ0n) is 21.3. The van der Waals surface area contributed by atoms with Crippen LogP contribution in [0.2, 0.25) is 0 Å². The van der Waals surface area contributed by atoms with E-state index in [1.807, 2.05) is 23.4 Å². The van der Waals surface area contributed by atoms with E-state index >= 15 is 0 Å². The first-order valence-corrected chi connectivity index (χ1v) is 13.2. The molecular formula is C29H36N4O3. The van der Waals surface area contributed by atoms with E-state index in [0.717, 1.165) is 62.3 Å². The topological polar surface area (TPSA) is 70.8 Å². The predicted octanol–water partition coefficient (Wildman–Crippen LogP) is 3.79. The van der Waals surface area contributed by atoms with Crippen molar-refractivity contribution < 1.29 is 14.6 Å². The smallest absolute Gasteiger partial charge is 0.223 e. The fourth-order valence-electron chi connectivity index (χ4n) is 6.60. The highest BCUT2D eigenvalue weighted by molar-refractivity contribution is 5.89. The van der Waals surface area contributed by atoms with E-state index in [1.165, 1.54) is 16.5 Å². The fraction of sp³-hybridized carbons (Fsp3) is 0.517. The molecule has 4 heterocycles. The average Bonchev–Trinajstić information content (AvgIpc) is 3.68. The molecule has 1 saturated heterocycles. The third-order valence-electron chi connectivity index (χ3n) is 8.77. The summed E-state index contributed by atoms with van der Waals surface area (Å²) in [6.07, 6.45) is 8.60. The van der Waals surface area contributed by atoms with Crippen LogP contribution < -0.4 is 4.74 Å². The van der Waals surface area contributed by atoms with Gasteiger partial charge in [-0.3, -0.25) is 14.7 Å². The van der Waals surface area contributed by atoms with Gasteiger partial charge in [-0.1, -0.05) is 0 Å². The van der Waals surface area contributed by atoms with Gasteiger partial charge in [-0.05, 0) is 80.1 Å². The monoisotopic (exact) mass is 488 g/mol. The van der Waals surface area contributed by atoms with Crippen LogP contribution in [-0.2, 0) is 23.8 Å². The van der Waals surface area contributed by atoms with Gasteiger partial charge in [0.25, 0.3) is 0 Å². The molecular weight excluding hydrogens is 452 g/mol. The van der Waals surface area contributed by atoms with Crippen molar-refractivity contribution in [2.24, 2.45) is 13.0 Å². The first-order valence-electron chi connectivity index (χ1n) is 13.2. The van der Waals surface area contributed by atoms with Crippen LogP contribution in [0.4, 0.5) is 0 Å². The molecule has 2 fully saturated rings. The van der Waals surface area contributed by atoms with E-state index in [2.05, 4.69) is 45.8 Å². The van der Waals surface area contributed by atoms with Gasteiger partial charge in [0.15, 0.2) is 0 Å². The van der Waals surface area contributed by atoms with Crippen LogP contribution in [0.1, 0.15) is 55.0 Å². The zero-order valence-corrected chi connectivity index (χ0v) is 21.3. The van der Waals surface area contributed by atoms with Crippen molar-refractivity contribution in [3.63, 3.8) is 0 Å². The summed E-state index contributed by atoms with van der Waals surface area (Å²) in [5.74, 6) is 1.54. The zero-order chi connectivity index (χ0) is 24.9. The lowest BCUT2D eigenvalue weighted by Crippen LogP contribution is -2.55. The number of methoxy groups -OCH3 is 1. The van der Waals surface area contributed by atoms with Gasteiger partial charge in [0.2, 0.25) is 5.91 Å². The summed E-state index contributed by atoms with van der Waals surface area (Å²) >= 11 is 0. The van der Waals surface area contributed by atoms with Crippen LogP contribution in [0.15, 0.2) is 42.7 Å². The van der Waals surface area contributed by atoms with E-state index in [9.17, 15) is 9.90 Å². The van der Waals surface area contributed by atoms with Crippen molar-refractivity contribution in [2.45, 2.75) is 50.1 Å². The lowest BCUT2D eigenvalue weighted by molar-refractivity contribution is -0.137. The van der Waals surface area contributed by atoms with Crippen LogP contribution >= 0.6 is 0 Å². The number of aryl methyl sites for hydroxylation is 1. The number of aromatic nitrogens is 2. The highest BCUT2D eigenvalue weighted by Crippen LogP contribution is 2.50. The Morgan fingerprint density at radius 1 is 1.17 bits per heavy atom. The lowest BCUT2D eigenvalue weighted by atomic mass is 9.68. The predicted molar refractivity (Wildman–Crippen MR) is 139 cm³/mol. The maximum Gasteiger partial charge on any atom is 0.223 e. The van der Waals surface area contributed by atoms with Crippen LogP contribution in [0.3, 0.4) is 0 Å². The molecule has 7 heteroatoms. The van der Waals surface area contributed by atoms with Gasteiger partial charge in [-0.25, -0.2) is 0 Å². The molecule has 1 aromatic carbocycles. The van der Waals surface area contributed by atoms with Gasteiger partial charge in [0.05, 0.1) is 25.3 Å². The normalized spacial score (nSPS) is 21.6. The van der Waals surface area contributed by atoms with E-state index in [0.29, 0.717) is 18.9 Å². The minimum absolute atomic E-state index is 0.0606.